The predicted octanol–water partition coefficient (Wildman–Crippen LogP) is 2.25. The summed E-state index contributed by atoms with van der Waals surface area (Å²) in [7, 11) is 2.08. The van der Waals surface area contributed by atoms with Crippen LogP contribution in [0.15, 0.2) is 42.6 Å². The van der Waals surface area contributed by atoms with Gasteiger partial charge in [-0.25, -0.2) is 9.97 Å². The maximum Gasteiger partial charge on any atom is 0.225 e. The van der Waals surface area contributed by atoms with Gasteiger partial charge in [0.2, 0.25) is 11.9 Å². The first-order valence-electron chi connectivity index (χ1n) is 9.66. The third-order valence-electron chi connectivity index (χ3n) is 4.95. The minimum atomic E-state index is 0.00212. The number of rotatable bonds is 7. The molecule has 2 heterocycles. The zero-order valence-electron chi connectivity index (χ0n) is 16.3. The Morgan fingerprint density at radius 3 is 2.89 bits per heavy atom. The van der Waals surface area contributed by atoms with Crippen LogP contribution in [0.4, 0.5) is 5.95 Å². The van der Waals surface area contributed by atoms with E-state index in [2.05, 4.69) is 56.4 Å². The van der Waals surface area contributed by atoms with Gasteiger partial charge in [-0.3, -0.25) is 4.79 Å². The first-order chi connectivity index (χ1) is 13.1. The highest BCUT2D eigenvalue weighted by Crippen LogP contribution is 2.20. The number of hydrogen-bond donors (Lipinski definition) is 1. The Morgan fingerprint density at radius 1 is 1.30 bits per heavy atom. The monoisotopic (exact) mass is 367 g/mol. The van der Waals surface area contributed by atoms with Crippen molar-refractivity contribution in [3.8, 4) is 0 Å². The second-order valence-corrected chi connectivity index (χ2v) is 7.30. The lowest BCUT2D eigenvalue weighted by Gasteiger charge is -2.32. The molecule has 6 nitrogen and oxygen atoms in total. The number of benzene rings is 1. The highest BCUT2D eigenvalue weighted by molar-refractivity contribution is 5.79. The van der Waals surface area contributed by atoms with Crippen molar-refractivity contribution >= 4 is 11.9 Å². The van der Waals surface area contributed by atoms with Gasteiger partial charge in [-0.15, -0.1) is 0 Å². The van der Waals surface area contributed by atoms with Crippen molar-refractivity contribution in [2.75, 3.05) is 38.1 Å². The summed E-state index contributed by atoms with van der Waals surface area (Å²) in [4.78, 5) is 25.8. The van der Waals surface area contributed by atoms with Crippen LogP contribution >= 0.6 is 0 Å². The van der Waals surface area contributed by atoms with E-state index in [1.807, 2.05) is 19.1 Å². The SMILES string of the molecule is Cc1ccnc(N2CCC[C@H](C(=O)NCCN(C)Cc3ccccc3)C2)n1. The number of carbonyl (C=O) groups is 1. The molecule has 27 heavy (non-hydrogen) atoms. The van der Waals surface area contributed by atoms with E-state index >= 15 is 0 Å². The Labute approximate surface area is 161 Å². The molecule has 2 aromatic rings. The maximum atomic E-state index is 12.6. The molecule has 1 fully saturated rings. The van der Waals surface area contributed by atoms with Crippen LogP contribution in [0.5, 0.6) is 0 Å². The van der Waals surface area contributed by atoms with Crippen LogP contribution in [0.3, 0.4) is 0 Å². The largest absolute Gasteiger partial charge is 0.355 e. The minimum absolute atomic E-state index is 0.00212. The van der Waals surface area contributed by atoms with E-state index in [-0.39, 0.29) is 11.8 Å². The lowest BCUT2D eigenvalue weighted by Crippen LogP contribution is -2.45. The molecular weight excluding hydrogens is 338 g/mol. The lowest BCUT2D eigenvalue weighted by atomic mass is 9.97. The molecule has 1 aromatic carbocycles. The lowest BCUT2D eigenvalue weighted by molar-refractivity contribution is -0.125. The standard InChI is InChI=1S/C21H29N5O/c1-17-10-11-23-21(24-17)26-13-6-9-19(16-26)20(27)22-12-14-25(2)15-18-7-4-3-5-8-18/h3-5,7-8,10-11,19H,6,9,12-16H2,1-2H3,(H,22,27)/t19-/m0/s1. The number of anilines is 1. The first kappa shape index (κ1) is 19.3. The Balaban J connectivity index is 1.43. The molecule has 144 valence electrons. The van der Waals surface area contributed by atoms with Crippen molar-refractivity contribution in [3.05, 3.63) is 53.9 Å². The topological polar surface area (TPSA) is 61.4 Å². The number of aryl methyl sites for hydroxylation is 1. The van der Waals surface area contributed by atoms with E-state index in [1.165, 1.54) is 5.56 Å². The molecule has 1 atom stereocenters. The van der Waals surface area contributed by atoms with Gasteiger partial charge in [-0.05, 0) is 38.4 Å². The van der Waals surface area contributed by atoms with Crippen molar-refractivity contribution in [1.82, 2.24) is 20.2 Å². The Morgan fingerprint density at radius 2 is 2.11 bits per heavy atom. The van der Waals surface area contributed by atoms with Crippen molar-refractivity contribution in [2.24, 2.45) is 5.92 Å². The molecule has 0 spiro atoms. The van der Waals surface area contributed by atoms with Gasteiger partial charge in [-0.1, -0.05) is 30.3 Å². The quantitative estimate of drug-likeness (QED) is 0.813. The summed E-state index contributed by atoms with van der Waals surface area (Å²) in [6.07, 6.45) is 3.70. The van der Waals surface area contributed by atoms with Crippen LogP contribution in [0.1, 0.15) is 24.1 Å². The second-order valence-electron chi connectivity index (χ2n) is 7.30. The van der Waals surface area contributed by atoms with Crippen molar-refractivity contribution < 1.29 is 4.79 Å². The fourth-order valence-corrected chi connectivity index (χ4v) is 3.45. The summed E-state index contributed by atoms with van der Waals surface area (Å²) in [6.45, 7) is 5.95. The second kappa shape index (κ2) is 9.46. The van der Waals surface area contributed by atoms with Crippen LogP contribution in [-0.4, -0.2) is 54.0 Å². The molecule has 1 aromatic heterocycles. The van der Waals surface area contributed by atoms with Crippen molar-refractivity contribution in [3.63, 3.8) is 0 Å². The summed E-state index contributed by atoms with van der Waals surface area (Å²) < 4.78 is 0. The van der Waals surface area contributed by atoms with E-state index in [0.29, 0.717) is 13.1 Å². The van der Waals surface area contributed by atoms with Crippen LogP contribution in [0, 0.1) is 12.8 Å². The normalized spacial score (nSPS) is 17.1. The number of nitrogens with zero attached hydrogens (tertiary/aromatic N) is 4. The van der Waals surface area contributed by atoms with Gasteiger partial charge in [0.15, 0.2) is 0 Å². The molecule has 1 amide bonds. The van der Waals surface area contributed by atoms with Crippen molar-refractivity contribution in [1.29, 1.82) is 0 Å². The Kier molecular flexibility index (Phi) is 6.76. The van der Waals surface area contributed by atoms with Crippen LogP contribution in [0.25, 0.3) is 0 Å². The highest BCUT2D eigenvalue weighted by atomic mass is 16.1. The van der Waals surface area contributed by atoms with Gasteiger partial charge in [0.25, 0.3) is 0 Å². The number of piperidine rings is 1. The molecule has 3 rings (SSSR count). The van der Waals surface area contributed by atoms with E-state index in [0.717, 1.165) is 44.1 Å². The number of hydrogen-bond acceptors (Lipinski definition) is 5. The fraction of sp³-hybridized carbons (Fsp3) is 0.476. The smallest absolute Gasteiger partial charge is 0.225 e. The van der Waals surface area contributed by atoms with E-state index in [1.54, 1.807) is 6.20 Å². The van der Waals surface area contributed by atoms with E-state index in [4.69, 9.17) is 0 Å². The number of amides is 1. The summed E-state index contributed by atoms with van der Waals surface area (Å²) in [5, 5.41) is 3.10. The third-order valence-corrected chi connectivity index (χ3v) is 4.95. The van der Waals surface area contributed by atoms with E-state index in [9.17, 15) is 4.79 Å². The Bertz CT molecular complexity index is 736. The van der Waals surface area contributed by atoms with Gasteiger partial charge in [-0.2, -0.15) is 0 Å². The molecule has 0 unspecified atom stereocenters. The predicted molar refractivity (Wildman–Crippen MR) is 107 cm³/mol. The van der Waals surface area contributed by atoms with Gasteiger partial charge < -0.3 is 15.1 Å². The van der Waals surface area contributed by atoms with Crippen LogP contribution in [-0.2, 0) is 11.3 Å². The van der Waals surface area contributed by atoms with Gasteiger partial charge in [0, 0.05) is 44.6 Å². The number of nitrogens with one attached hydrogen (secondary N) is 1. The molecule has 1 aliphatic heterocycles. The number of carbonyl (C=O) groups excluding carboxylic acids is 1. The minimum Gasteiger partial charge on any atom is -0.355 e. The van der Waals surface area contributed by atoms with E-state index < -0.39 is 0 Å². The average molecular weight is 367 g/mol. The summed E-state index contributed by atoms with van der Waals surface area (Å²) in [5.41, 5.74) is 2.24. The molecule has 6 heteroatoms. The molecule has 0 radical (unpaired) electrons. The number of likely N-dealkylation sites (N-methyl/N-ethyl adjacent to an activating group) is 1. The summed E-state index contributed by atoms with van der Waals surface area (Å²) in [5.74, 6) is 0.873. The average Bonchev–Trinajstić information content (AvgIpc) is 2.69. The molecule has 1 N–H and O–H groups in total. The van der Waals surface area contributed by atoms with Crippen molar-refractivity contribution in [2.45, 2.75) is 26.3 Å². The van der Waals surface area contributed by atoms with Crippen LogP contribution < -0.4 is 10.2 Å². The third kappa shape index (κ3) is 5.76. The molecule has 0 bridgehead atoms. The number of aromatic nitrogens is 2. The molecular formula is C21H29N5O. The van der Waals surface area contributed by atoms with Gasteiger partial charge in [0.1, 0.15) is 0 Å². The zero-order valence-corrected chi connectivity index (χ0v) is 16.3. The Hall–Kier alpha value is -2.47. The van der Waals surface area contributed by atoms with Crippen LogP contribution in [0.2, 0.25) is 0 Å². The zero-order chi connectivity index (χ0) is 19.1. The fourth-order valence-electron chi connectivity index (χ4n) is 3.45. The molecule has 1 aliphatic rings. The summed E-state index contributed by atoms with van der Waals surface area (Å²) >= 11 is 0. The molecule has 1 saturated heterocycles. The molecule has 0 aliphatic carbocycles. The molecule has 0 saturated carbocycles. The maximum absolute atomic E-state index is 12.6. The van der Waals surface area contributed by atoms with Gasteiger partial charge in [0.05, 0.1) is 5.92 Å². The van der Waals surface area contributed by atoms with Gasteiger partial charge >= 0.3 is 0 Å². The first-order valence-corrected chi connectivity index (χ1v) is 9.66. The highest BCUT2D eigenvalue weighted by Gasteiger charge is 2.26. The summed E-state index contributed by atoms with van der Waals surface area (Å²) in [6, 6.07) is 12.3.